The molecule has 0 rings (SSSR count). The number of nitrogens with two attached hydrogens (primary N) is 1. The molecular formula is C7H14N2O4S. The molecule has 0 aromatic rings. The number of rotatable bonds is 7. The van der Waals surface area contributed by atoms with Gasteiger partial charge in [0, 0.05) is 11.5 Å². The number of esters is 1. The van der Waals surface area contributed by atoms with Crippen LogP contribution in [0.3, 0.4) is 0 Å². The van der Waals surface area contributed by atoms with Crippen LogP contribution in [0.25, 0.3) is 0 Å². The highest BCUT2D eigenvalue weighted by molar-refractivity contribution is 7.99. The molecular weight excluding hydrogens is 208 g/mol. The lowest BCUT2D eigenvalue weighted by atomic mass is 10.5. The van der Waals surface area contributed by atoms with Gasteiger partial charge in [0.05, 0.1) is 20.0 Å². The molecule has 0 radical (unpaired) electrons. The first-order valence-electron chi connectivity index (χ1n) is 4.00. The first-order chi connectivity index (χ1) is 6.70. The van der Waals surface area contributed by atoms with Crippen LogP contribution in [0.15, 0.2) is 0 Å². The summed E-state index contributed by atoms with van der Waals surface area (Å²) in [6, 6.07) is 0. The van der Waals surface area contributed by atoms with E-state index >= 15 is 0 Å². The molecule has 3 N–H and O–H groups in total. The van der Waals surface area contributed by atoms with E-state index < -0.39 is 5.97 Å². The number of ether oxygens (including phenoxy) is 1. The van der Waals surface area contributed by atoms with E-state index in [4.69, 9.17) is 5.84 Å². The Morgan fingerprint density at radius 1 is 1.29 bits per heavy atom. The third-order valence-electron chi connectivity index (χ3n) is 1.30. The molecule has 0 aliphatic rings. The summed E-state index contributed by atoms with van der Waals surface area (Å²) < 4.78 is 4.45. The van der Waals surface area contributed by atoms with Gasteiger partial charge >= 0.3 is 11.9 Å². The first-order valence-corrected chi connectivity index (χ1v) is 5.16. The summed E-state index contributed by atoms with van der Waals surface area (Å²) in [5, 5.41) is 0. The topological polar surface area (TPSA) is 90.7 Å². The van der Waals surface area contributed by atoms with Crippen molar-refractivity contribution in [3.63, 3.8) is 0 Å². The van der Waals surface area contributed by atoms with Crippen molar-refractivity contribution in [1.29, 1.82) is 0 Å². The normalized spacial score (nSPS) is 9.57. The fraction of sp³-hybridized carbons (Fsp3) is 0.714. The van der Waals surface area contributed by atoms with Gasteiger partial charge in [-0.15, -0.1) is 0 Å². The van der Waals surface area contributed by atoms with Crippen molar-refractivity contribution in [1.82, 2.24) is 5.59 Å². The van der Waals surface area contributed by atoms with E-state index in [1.54, 1.807) is 5.59 Å². The molecule has 0 aliphatic heterocycles. The number of thioether (sulfide) groups is 1. The quantitative estimate of drug-likeness (QED) is 0.262. The van der Waals surface area contributed by atoms with E-state index in [-0.39, 0.29) is 12.4 Å². The summed E-state index contributed by atoms with van der Waals surface area (Å²) in [6.45, 7) is 0. The minimum Gasteiger partial charge on any atom is -0.469 e. The van der Waals surface area contributed by atoms with Crippen LogP contribution in [-0.2, 0) is 19.2 Å². The standard InChI is InChI=1S/C7H14N2O4S/c1-12-6(10)2-4-14-5-3-7(11)13-9-8/h9H,2-5,8H2,1H3. The number of nitrogens with one attached hydrogen (secondary N) is 1. The molecule has 14 heavy (non-hydrogen) atoms. The largest absolute Gasteiger partial charge is 0.469 e. The van der Waals surface area contributed by atoms with E-state index in [9.17, 15) is 9.59 Å². The Hall–Kier alpha value is -0.790. The molecule has 0 saturated heterocycles. The molecule has 0 saturated carbocycles. The van der Waals surface area contributed by atoms with E-state index in [0.717, 1.165) is 0 Å². The highest BCUT2D eigenvalue weighted by Crippen LogP contribution is 2.05. The molecule has 0 atom stereocenters. The van der Waals surface area contributed by atoms with Crippen LogP contribution >= 0.6 is 11.8 Å². The second kappa shape index (κ2) is 8.79. The molecule has 0 fully saturated rings. The molecule has 0 heterocycles. The van der Waals surface area contributed by atoms with Gasteiger partial charge in [0.2, 0.25) is 0 Å². The van der Waals surface area contributed by atoms with E-state index in [1.807, 2.05) is 0 Å². The summed E-state index contributed by atoms with van der Waals surface area (Å²) in [7, 11) is 1.34. The van der Waals surface area contributed by atoms with Crippen LogP contribution < -0.4 is 11.4 Å². The number of hydrogen-bond donors (Lipinski definition) is 2. The lowest BCUT2D eigenvalue weighted by Gasteiger charge is -2.01. The number of hydrogen-bond acceptors (Lipinski definition) is 7. The Balaban J connectivity index is 3.21. The Morgan fingerprint density at radius 2 is 1.86 bits per heavy atom. The highest BCUT2D eigenvalue weighted by atomic mass is 32.2. The highest BCUT2D eigenvalue weighted by Gasteiger charge is 2.03. The Kier molecular flexibility index (Phi) is 8.30. The van der Waals surface area contributed by atoms with Gasteiger partial charge in [0.1, 0.15) is 0 Å². The van der Waals surface area contributed by atoms with Crippen LogP contribution in [0, 0.1) is 0 Å². The van der Waals surface area contributed by atoms with Crippen molar-refractivity contribution in [2.24, 2.45) is 5.84 Å². The van der Waals surface area contributed by atoms with Crippen LogP contribution in [0.2, 0.25) is 0 Å². The lowest BCUT2D eigenvalue weighted by molar-refractivity contribution is -0.150. The SMILES string of the molecule is COC(=O)CCSCCC(=O)ONN. The number of carbonyl (C=O) groups is 2. The van der Waals surface area contributed by atoms with Gasteiger partial charge in [-0.3, -0.25) is 9.59 Å². The average Bonchev–Trinajstić information content (AvgIpc) is 2.17. The summed E-state index contributed by atoms with van der Waals surface area (Å²) in [6.07, 6.45) is 0.612. The number of carbonyl (C=O) groups excluding carboxylic acids is 2. The molecule has 0 amide bonds. The summed E-state index contributed by atoms with van der Waals surface area (Å²) in [4.78, 5) is 25.7. The van der Waals surface area contributed by atoms with Gasteiger partial charge in [-0.05, 0) is 0 Å². The molecule has 0 aliphatic carbocycles. The molecule has 0 spiro atoms. The minimum atomic E-state index is -0.418. The number of methoxy groups -OCH3 is 1. The predicted octanol–water partition coefficient (Wildman–Crippen LogP) is -0.406. The fourth-order valence-electron chi connectivity index (χ4n) is 0.632. The summed E-state index contributed by atoms with van der Waals surface area (Å²) in [5.74, 6) is 5.32. The molecule has 6 nitrogen and oxygen atoms in total. The monoisotopic (exact) mass is 222 g/mol. The summed E-state index contributed by atoms with van der Waals surface area (Å²) >= 11 is 1.48. The molecule has 0 aromatic carbocycles. The zero-order chi connectivity index (χ0) is 10.8. The van der Waals surface area contributed by atoms with Crippen molar-refractivity contribution in [3.05, 3.63) is 0 Å². The summed E-state index contributed by atoms with van der Waals surface area (Å²) in [5.41, 5.74) is 1.80. The van der Waals surface area contributed by atoms with Gasteiger partial charge in [-0.1, -0.05) is 5.59 Å². The number of hydrazine groups is 1. The van der Waals surface area contributed by atoms with Crippen molar-refractivity contribution >= 4 is 23.7 Å². The van der Waals surface area contributed by atoms with Crippen molar-refractivity contribution in [2.75, 3.05) is 18.6 Å². The smallest absolute Gasteiger partial charge is 0.327 e. The fourth-order valence-corrected chi connectivity index (χ4v) is 1.46. The van der Waals surface area contributed by atoms with E-state index in [1.165, 1.54) is 18.9 Å². The molecule has 82 valence electrons. The van der Waals surface area contributed by atoms with Gasteiger partial charge in [0.25, 0.3) is 0 Å². The van der Waals surface area contributed by atoms with Crippen LogP contribution in [0.4, 0.5) is 0 Å². The predicted molar refractivity (Wildman–Crippen MR) is 52.0 cm³/mol. The molecule has 0 unspecified atom stereocenters. The molecule has 0 bridgehead atoms. The zero-order valence-corrected chi connectivity index (χ0v) is 8.76. The van der Waals surface area contributed by atoms with Crippen LogP contribution in [0.1, 0.15) is 12.8 Å². The Morgan fingerprint density at radius 3 is 2.36 bits per heavy atom. The molecule has 7 heteroatoms. The van der Waals surface area contributed by atoms with Gasteiger partial charge < -0.3 is 9.57 Å². The Labute approximate surface area is 86.4 Å². The zero-order valence-electron chi connectivity index (χ0n) is 7.95. The average molecular weight is 222 g/mol. The lowest BCUT2D eigenvalue weighted by Crippen LogP contribution is -2.26. The van der Waals surface area contributed by atoms with E-state index in [2.05, 4.69) is 9.57 Å². The Bertz CT molecular complexity index is 189. The van der Waals surface area contributed by atoms with Crippen LogP contribution in [-0.4, -0.2) is 30.6 Å². The molecule has 0 aromatic heterocycles. The van der Waals surface area contributed by atoms with Gasteiger partial charge in [-0.25, -0.2) is 5.84 Å². The van der Waals surface area contributed by atoms with Gasteiger partial charge in [0.15, 0.2) is 0 Å². The van der Waals surface area contributed by atoms with Crippen LogP contribution in [0.5, 0.6) is 0 Å². The van der Waals surface area contributed by atoms with Crippen molar-refractivity contribution < 1.29 is 19.2 Å². The second-order valence-corrected chi connectivity index (χ2v) is 3.51. The van der Waals surface area contributed by atoms with Gasteiger partial charge in [-0.2, -0.15) is 11.8 Å². The van der Waals surface area contributed by atoms with Crippen molar-refractivity contribution in [3.8, 4) is 0 Å². The third-order valence-corrected chi connectivity index (χ3v) is 2.29. The van der Waals surface area contributed by atoms with E-state index in [0.29, 0.717) is 17.9 Å². The maximum atomic E-state index is 10.7. The minimum absolute atomic E-state index is 0.247. The second-order valence-electron chi connectivity index (χ2n) is 2.28. The maximum absolute atomic E-state index is 10.7. The van der Waals surface area contributed by atoms with Crippen molar-refractivity contribution in [2.45, 2.75) is 12.8 Å². The first kappa shape index (κ1) is 13.2. The third kappa shape index (κ3) is 7.84. The maximum Gasteiger partial charge on any atom is 0.327 e.